The molecule has 15 heavy (non-hydrogen) atoms. The van der Waals surface area contributed by atoms with Gasteiger partial charge < -0.3 is 5.11 Å². The number of carboxylic acids is 1. The van der Waals surface area contributed by atoms with E-state index < -0.39 is 5.97 Å². The van der Waals surface area contributed by atoms with Crippen LogP contribution >= 0.6 is 11.6 Å². The second-order valence-corrected chi connectivity index (χ2v) is 3.85. The van der Waals surface area contributed by atoms with Crippen LogP contribution in [-0.4, -0.2) is 11.1 Å². The topological polar surface area (TPSA) is 37.3 Å². The Morgan fingerprint density at radius 3 is 2.67 bits per heavy atom. The van der Waals surface area contributed by atoms with Gasteiger partial charge in [-0.15, -0.1) is 0 Å². The Balaban J connectivity index is 2.80. The van der Waals surface area contributed by atoms with Crippen LogP contribution in [0, 0.1) is 6.92 Å². The summed E-state index contributed by atoms with van der Waals surface area (Å²) in [4.78, 5) is 10.9. The first kappa shape index (κ1) is 9.99. The van der Waals surface area contributed by atoms with Crippen molar-refractivity contribution in [3.05, 3.63) is 46.5 Å². The fourth-order valence-corrected chi connectivity index (χ4v) is 1.87. The molecule has 0 radical (unpaired) electrons. The SMILES string of the molecule is Cc1c(C(=O)O)ccc2cc(Cl)ccc12. The molecule has 0 amide bonds. The highest BCUT2D eigenvalue weighted by atomic mass is 35.5. The maximum Gasteiger partial charge on any atom is 0.335 e. The van der Waals surface area contributed by atoms with Crippen LogP contribution in [0.2, 0.25) is 5.02 Å². The number of fused-ring (bicyclic) bond motifs is 1. The molecule has 0 aliphatic carbocycles. The number of benzene rings is 2. The van der Waals surface area contributed by atoms with Crippen LogP contribution in [0.25, 0.3) is 10.8 Å². The van der Waals surface area contributed by atoms with Crippen molar-refractivity contribution in [3.63, 3.8) is 0 Å². The molecular weight excluding hydrogens is 212 g/mol. The number of rotatable bonds is 1. The van der Waals surface area contributed by atoms with Gasteiger partial charge in [0.15, 0.2) is 0 Å². The van der Waals surface area contributed by atoms with E-state index in [4.69, 9.17) is 16.7 Å². The number of hydrogen-bond donors (Lipinski definition) is 1. The van der Waals surface area contributed by atoms with E-state index in [-0.39, 0.29) is 0 Å². The maximum absolute atomic E-state index is 10.9. The third kappa shape index (κ3) is 1.68. The molecule has 0 bridgehead atoms. The molecule has 2 aromatic carbocycles. The number of hydrogen-bond acceptors (Lipinski definition) is 1. The number of aryl methyl sites for hydroxylation is 1. The lowest BCUT2D eigenvalue weighted by molar-refractivity contribution is 0.0696. The van der Waals surface area contributed by atoms with Gasteiger partial charge in [0.25, 0.3) is 0 Å². The quantitative estimate of drug-likeness (QED) is 0.799. The zero-order valence-corrected chi connectivity index (χ0v) is 8.88. The molecule has 76 valence electrons. The van der Waals surface area contributed by atoms with E-state index in [0.717, 1.165) is 16.3 Å². The van der Waals surface area contributed by atoms with Crippen molar-refractivity contribution in [2.45, 2.75) is 6.92 Å². The smallest absolute Gasteiger partial charge is 0.335 e. The second-order valence-electron chi connectivity index (χ2n) is 3.41. The molecular formula is C12H9ClO2. The molecule has 0 fully saturated rings. The summed E-state index contributed by atoms with van der Waals surface area (Å²) in [5.41, 5.74) is 1.11. The van der Waals surface area contributed by atoms with E-state index >= 15 is 0 Å². The minimum absolute atomic E-state index is 0.338. The Kier molecular flexibility index (Phi) is 2.37. The largest absolute Gasteiger partial charge is 0.478 e. The van der Waals surface area contributed by atoms with Crippen LogP contribution in [0.3, 0.4) is 0 Å². The number of halogens is 1. The summed E-state index contributed by atoms with van der Waals surface area (Å²) in [5, 5.41) is 11.5. The van der Waals surface area contributed by atoms with E-state index in [1.165, 1.54) is 0 Å². The lowest BCUT2D eigenvalue weighted by atomic mass is 10.0. The third-order valence-corrected chi connectivity index (χ3v) is 2.72. The number of aromatic carboxylic acids is 1. The van der Waals surface area contributed by atoms with Gasteiger partial charge in [-0.25, -0.2) is 4.79 Å². The monoisotopic (exact) mass is 220 g/mol. The fourth-order valence-electron chi connectivity index (χ4n) is 1.69. The molecule has 0 unspecified atom stereocenters. The number of carboxylic acid groups (broad SMARTS) is 1. The average molecular weight is 221 g/mol. The Hall–Kier alpha value is -1.54. The normalized spacial score (nSPS) is 10.5. The van der Waals surface area contributed by atoms with Crippen LogP contribution in [-0.2, 0) is 0 Å². The summed E-state index contributed by atoms with van der Waals surface area (Å²) < 4.78 is 0. The van der Waals surface area contributed by atoms with Crippen molar-refractivity contribution in [1.29, 1.82) is 0 Å². The van der Waals surface area contributed by atoms with E-state index in [1.54, 1.807) is 25.1 Å². The molecule has 2 rings (SSSR count). The Labute approximate surface area is 92.1 Å². The summed E-state index contributed by atoms with van der Waals surface area (Å²) in [6, 6.07) is 8.82. The van der Waals surface area contributed by atoms with Crippen molar-refractivity contribution in [2.24, 2.45) is 0 Å². The molecule has 1 N–H and O–H groups in total. The zero-order chi connectivity index (χ0) is 11.0. The van der Waals surface area contributed by atoms with Gasteiger partial charge in [0.05, 0.1) is 5.56 Å². The van der Waals surface area contributed by atoms with Crippen molar-refractivity contribution < 1.29 is 9.90 Å². The summed E-state index contributed by atoms with van der Waals surface area (Å²) in [6.07, 6.45) is 0. The molecule has 0 aromatic heterocycles. The standard InChI is InChI=1S/C12H9ClO2/c1-7-10-5-3-9(13)6-8(10)2-4-11(7)12(14)15/h2-6H,1H3,(H,14,15). The van der Waals surface area contributed by atoms with Crippen molar-refractivity contribution in [1.82, 2.24) is 0 Å². The minimum atomic E-state index is -0.899. The third-order valence-electron chi connectivity index (χ3n) is 2.48. The molecule has 2 nitrogen and oxygen atoms in total. The lowest BCUT2D eigenvalue weighted by Gasteiger charge is -2.05. The first-order chi connectivity index (χ1) is 7.09. The predicted octanol–water partition coefficient (Wildman–Crippen LogP) is 3.50. The Morgan fingerprint density at radius 1 is 1.27 bits per heavy atom. The van der Waals surface area contributed by atoms with Gasteiger partial charge >= 0.3 is 5.97 Å². The molecule has 2 aromatic rings. The number of carbonyl (C=O) groups is 1. The highest BCUT2D eigenvalue weighted by Crippen LogP contribution is 2.24. The fraction of sp³-hybridized carbons (Fsp3) is 0.0833. The summed E-state index contributed by atoms with van der Waals surface area (Å²) >= 11 is 5.86. The first-order valence-corrected chi connectivity index (χ1v) is 4.89. The second kappa shape index (κ2) is 3.55. The maximum atomic E-state index is 10.9. The van der Waals surface area contributed by atoms with Gasteiger partial charge in [-0.05, 0) is 41.5 Å². The zero-order valence-electron chi connectivity index (χ0n) is 8.12. The molecule has 0 spiro atoms. The molecule has 0 aliphatic heterocycles. The lowest BCUT2D eigenvalue weighted by Crippen LogP contribution is -1.99. The minimum Gasteiger partial charge on any atom is -0.478 e. The first-order valence-electron chi connectivity index (χ1n) is 4.52. The van der Waals surface area contributed by atoms with E-state index in [9.17, 15) is 4.79 Å². The molecule has 0 aliphatic rings. The van der Waals surface area contributed by atoms with Crippen LogP contribution < -0.4 is 0 Å². The van der Waals surface area contributed by atoms with Gasteiger partial charge in [-0.2, -0.15) is 0 Å². The van der Waals surface area contributed by atoms with Gasteiger partial charge in [-0.1, -0.05) is 23.7 Å². The van der Waals surface area contributed by atoms with Gasteiger partial charge in [0.2, 0.25) is 0 Å². The Bertz CT molecular complexity index is 547. The summed E-state index contributed by atoms with van der Waals surface area (Å²) in [7, 11) is 0. The van der Waals surface area contributed by atoms with Crippen LogP contribution in [0.15, 0.2) is 30.3 Å². The van der Waals surface area contributed by atoms with Crippen LogP contribution in [0.5, 0.6) is 0 Å². The van der Waals surface area contributed by atoms with Crippen molar-refractivity contribution >= 4 is 28.3 Å². The molecule has 0 heterocycles. The predicted molar refractivity (Wildman–Crippen MR) is 60.7 cm³/mol. The van der Waals surface area contributed by atoms with E-state index in [0.29, 0.717) is 10.6 Å². The van der Waals surface area contributed by atoms with Gasteiger partial charge in [-0.3, -0.25) is 0 Å². The average Bonchev–Trinajstić information content (AvgIpc) is 2.17. The molecule has 3 heteroatoms. The highest BCUT2D eigenvalue weighted by molar-refractivity contribution is 6.31. The van der Waals surface area contributed by atoms with Gasteiger partial charge in [0.1, 0.15) is 0 Å². The highest BCUT2D eigenvalue weighted by Gasteiger charge is 2.09. The molecule has 0 saturated carbocycles. The van der Waals surface area contributed by atoms with Gasteiger partial charge in [0, 0.05) is 5.02 Å². The van der Waals surface area contributed by atoms with Crippen LogP contribution in [0.1, 0.15) is 15.9 Å². The van der Waals surface area contributed by atoms with Crippen LogP contribution in [0.4, 0.5) is 0 Å². The summed E-state index contributed by atoms with van der Waals surface area (Å²) in [5.74, 6) is -0.899. The van der Waals surface area contributed by atoms with E-state index in [1.807, 2.05) is 12.1 Å². The summed E-state index contributed by atoms with van der Waals surface area (Å²) in [6.45, 7) is 1.81. The van der Waals surface area contributed by atoms with E-state index in [2.05, 4.69) is 0 Å². The van der Waals surface area contributed by atoms with Crippen molar-refractivity contribution in [2.75, 3.05) is 0 Å². The Morgan fingerprint density at radius 2 is 2.00 bits per heavy atom. The van der Waals surface area contributed by atoms with Crippen molar-refractivity contribution in [3.8, 4) is 0 Å². The molecule has 0 saturated heterocycles. The molecule has 0 atom stereocenters.